The Morgan fingerprint density at radius 2 is 1.86 bits per heavy atom. The molecule has 1 rings (SSSR count). The van der Waals surface area contributed by atoms with E-state index >= 15 is 0 Å². The van der Waals surface area contributed by atoms with Crippen LogP contribution in [0, 0.1) is 0 Å². The van der Waals surface area contributed by atoms with Gasteiger partial charge in [-0.05, 0) is 12.8 Å². The zero-order valence-electron chi connectivity index (χ0n) is 8.01. The Balaban J connectivity index is 3.10. The average Bonchev–Trinajstić information content (AvgIpc) is 2.37. The lowest BCUT2D eigenvalue weighted by Gasteiger charge is -2.34. The minimum atomic E-state index is -0.714. The van der Waals surface area contributed by atoms with Gasteiger partial charge in [-0.2, -0.15) is 0 Å². The molecule has 1 N–H and O–H groups in total. The molecule has 1 aliphatic rings. The number of halogens is 2. The molecule has 0 aromatic carbocycles. The Morgan fingerprint density at radius 3 is 2.14 bits per heavy atom. The Bertz CT molecular complexity index is 264. The van der Waals surface area contributed by atoms with Gasteiger partial charge in [0.15, 0.2) is 0 Å². The largest absolute Gasteiger partial charge is 0.326 e. The molecule has 1 saturated heterocycles. The summed E-state index contributed by atoms with van der Waals surface area (Å²) in [7, 11) is 0. The molecule has 0 unspecified atom stereocenters. The van der Waals surface area contributed by atoms with Crippen LogP contribution in [0.4, 0.5) is 4.79 Å². The van der Waals surface area contributed by atoms with Crippen molar-refractivity contribution in [2.45, 2.75) is 36.1 Å². The highest BCUT2D eigenvalue weighted by Crippen LogP contribution is 2.34. The quantitative estimate of drug-likeness (QED) is 0.490. The molecule has 1 aliphatic heterocycles. The zero-order chi connectivity index (χ0) is 10.9. The summed E-state index contributed by atoms with van der Waals surface area (Å²) in [6.45, 7) is 3.80. The van der Waals surface area contributed by atoms with Gasteiger partial charge in [-0.1, -0.05) is 45.7 Å². The number of hydrogen-bond acceptors (Lipinski definition) is 2. The van der Waals surface area contributed by atoms with Gasteiger partial charge in [-0.3, -0.25) is 15.0 Å². The number of nitrogens with one attached hydrogen (secondary N) is 1. The molecule has 1 fully saturated rings. The third-order valence-electron chi connectivity index (χ3n) is 2.69. The summed E-state index contributed by atoms with van der Waals surface area (Å²) in [6.07, 6.45) is 1.21. The number of rotatable bonds is 3. The van der Waals surface area contributed by atoms with Gasteiger partial charge >= 0.3 is 6.03 Å². The summed E-state index contributed by atoms with van der Waals surface area (Å²) >= 11 is 6.51. The summed E-state index contributed by atoms with van der Waals surface area (Å²) in [5.74, 6) is -0.212. The van der Waals surface area contributed by atoms with E-state index in [1.807, 2.05) is 13.8 Å². The van der Waals surface area contributed by atoms with Crippen LogP contribution < -0.4 is 5.32 Å². The average molecular weight is 328 g/mol. The Hall–Kier alpha value is -0.100. The van der Waals surface area contributed by atoms with Crippen molar-refractivity contribution < 1.29 is 9.59 Å². The van der Waals surface area contributed by atoms with Crippen LogP contribution in [0.3, 0.4) is 0 Å². The smallest absolute Gasteiger partial charge is 0.287 e. The lowest BCUT2D eigenvalue weighted by molar-refractivity contribution is -0.126. The lowest BCUT2D eigenvalue weighted by Crippen LogP contribution is -2.50. The van der Waals surface area contributed by atoms with Crippen molar-refractivity contribution in [3.63, 3.8) is 0 Å². The number of nitrogens with zero attached hydrogens (tertiary/aromatic N) is 1. The van der Waals surface area contributed by atoms with Gasteiger partial charge in [-0.25, -0.2) is 4.79 Å². The molecule has 1 heterocycles. The van der Waals surface area contributed by atoms with Crippen LogP contribution in [-0.2, 0) is 4.79 Å². The number of amides is 3. The van der Waals surface area contributed by atoms with Crippen LogP contribution in [0.25, 0.3) is 0 Å². The molecule has 0 aromatic rings. The fourth-order valence-electron chi connectivity index (χ4n) is 1.76. The van der Waals surface area contributed by atoms with E-state index in [2.05, 4.69) is 37.2 Å². The van der Waals surface area contributed by atoms with Crippen molar-refractivity contribution in [3.8, 4) is 0 Å². The van der Waals surface area contributed by atoms with E-state index in [4.69, 9.17) is 0 Å². The molecule has 0 atom stereocenters. The van der Waals surface area contributed by atoms with Gasteiger partial charge in [0.1, 0.15) is 9.40 Å². The number of carbonyl (C=O) groups is 2. The van der Waals surface area contributed by atoms with Gasteiger partial charge in [0.25, 0.3) is 5.91 Å². The van der Waals surface area contributed by atoms with Crippen molar-refractivity contribution in [2.75, 3.05) is 0 Å². The number of urea groups is 1. The van der Waals surface area contributed by atoms with Crippen LogP contribution in [0.2, 0.25) is 0 Å². The number of alkyl halides is 2. The zero-order valence-corrected chi connectivity index (χ0v) is 11.2. The predicted octanol–water partition coefficient (Wildman–Crippen LogP) is 2.17. The molecule has 80 valence electrons. The number of imide groups is 1. The minimum Gasteiger partial charge on any atom is -0.287 e. The van der Waals surface area contributed by atoms with Crippen molar-refractivity contribution >= 4 is 43.8 Å². The second-order valence-corrected chi connectivity index (χ2v) is 6.11. The molecule has 0 radical (unpaired) electrons. The van der Waals surface area contributed by atoms with Crippen LogP contribution in [-0.4, -0.2) is 26.2 Å². The van der Waals surface area contributed by atoms with E-state index < -0.39 is 5.54 Å². The van der Waals surface area contributed by atoms with Gasteiger partial charge in [-0.15, -0.1) is 0 Å². The van der Waals surface area contributed by atoms with Gasteiger partial charge < -0.3 is 0 Å². The topological polar surface area (TPSA) is 49.4 Å². The maximum absolute atomic E-state index is 11.7. The molecule has 0 spiro atoms. The Kier molecular flexibility index (Phi) is 3.58. The fraction of sp³-hybridized carbons (Fsp3) is 0.750. The van der Waals surface area contributed by atoms with E-state index in [0.29, 0.717) is 12.8 Å². The molecule has 0 saturated carbocycles. The molecular weight excluding hydrogens is 316 g/mol. The monoisotopic (exact) mass is 326 g/mol. The molecular formula is C8H12Br2N2O2. The first kappa shape index (κ1) is 12.0. The summed E-state index contributed by atoms with van der Waals surface area (Å²) in [5, 5.41) is 2.33. The summed E-state index contributed by atoms with van der Waals surface area (Å²) in [6, 6.07) is -0.350. The molecule has 6 heteroatoms. The standard InChI is InChI=1S/C8H12Br2N2O2/c1-3-8(4-2)5(13)11-7(14)12(8)6(9)10/h6H,3-4H2,1-2H3,(H,11,13,14). The molecule has 0 aliphatic carbocycles. The first-order valence-electron chi connectivity index (χ1n) is 4.42. The van der Waals surface area contributed by atoms with Crippen LogP contribution in [0.1, 0.15) is 26.7 Å². The molecule has 0 aromatic heterocycles. The normalized spacial score (nSPS) is 20.5. The van der Waals surface area contributed by atoms with E-state index in [-0.39, 0.29) is 15.8 Å². The van der Waals surface area contributed by atoms with Crippen LogP contribution in [0.5, 0.6) is 0 Å². The SMILES string of the molecule is CCC1(CC)C(=O)NC(=O)N1C(Br)Br. The maximum atomic E-state index is 11.7. The third-order valence-corrected chi connectivity index (χ3v) is 3.51. The van der Waals surface area contributed by atoms with Crippen LogP contribution >= 0.6 is 31.9 Å². The van der Waals surface area contributed by atoms with Gasteiger partial charge in [0.05, 0.1) is 0 Å². The van der Waals surface area contributed by atoms with E-state index in [1.165, 1.54) is 4.90 Å². The summed E-state index contributed by atoms with van der Waals surface area (Å²) in [5.41, 5.74) is -0.714. The summed E-state index contributed by atoms with van der Waals surface area (Å²) in [4.78, 5) is 24.7. The maximum Gasteiger partial charge on any atom is 0.326 e. The molecule has 0 bridgehead atoms. The van der Waals surface area contributed by atoms with Gasteiger partial charge in [0, 0.05) is 0 Å². The minimum absolute atomic E-state index is 0.212. The van der Waals surface area contributed by atoms with E-state index in [9.17, 15) is 9.59 Å². The molecule has 14 heavy (non-hydrogen) atoms. The highest BCUT2D eigenvalue weighted by Gasteiger charge is 2.52. The van der Waals surface area contributed by atoms with Gasteiger partial charge in [0.2, 0.25) is 0 Å². The first-order valence-corrected chi connectivity index (χ1v) is 6.25. The van der Waals surface area contributed by atoms with E-state index in [0.717, 1.165) is 0 Å². The highest BCUT2D eigenvalue weighted by molar-refractivity contribution is 9.24. The molecule has 3 amide bonds. The van der Waals surface area contributed by atoms with Crippen molar-refractivity contribution in [3.05, 3.63) is 0 Å². The number of carbonyl (C=O) groups excluding carboxylic acids is 2. The fourth-order valence-corrected chi connectivity index (χ4v) is 2.92. The van der Waals surface area contributed by atoms with E-state index in [1.54, 1.807) is 0 Å². The first-order chi connectivity index (χ1) is 6.49. The summed E-state index contributed by atoms with van der Waals surface area (Å²) < 4.78 is -0.318. The molecule has 4 nitrogen and oxygen atoms in total. The van der Waals surface area contributed by atoms with Crippen LogP contribution in [0.15, 0.2) is 0 Å². The second-order valence-electron chi connectivity index (χ2n) is 3.15. The lowest BCUT2D eigenvalue weighted by atomic mass is 9.92. The van der Waals surface area contributed by atoms with Crippen molar-refractivity contribution in [1.82, 2.24) is 10.2 Å². The highest BCUT2D eigenvalue weighted by atomic mass is 79.9. The second kappa shape index (κ2) is 4.18. The van der Waals surface area contributed by atoms with Crippen molar-refractivity contribution in [1.29, 1.82) is 0 Å². The number of hydrogen-bond donors (Lipinski definition) is 1. The Morgan fingerprint density at radius 1 is 1.36 bits per heavy atom. The Labute approximate surface area is 99.7 Å². The third kappa shape index (κ3) is 1.58. The predicted molar refractivity (Wildman–Crippen MR) is 60.3 cm³/mol. The van der Waals surface area contributed by atoms with Crippen molar-refractivity contribution in [2.24, 2.45) is 0 Å².